The van der Waals surface area contributed by atoms with Crippen LogP contribution in [0.2, 0.25) is 5.02 Å². The third-order valence-electron chi connectivity index (χ3n) is 3.21. The van der Waals surface area contributed by atoms with Crippen LogP contribution in [0.4, 0.5) is 0 Å². The van der Waals surface area contributed by atoms with Crippen molar-refractivity contribution in [3.8, 4) is 5.75 Å². The molecule has 1 amide bonds. The van der Waals surface area contributed by atoms with Crippen LogP contribution in [0.1, 0.15) is 16.8 Å². The zero-order valence-corrected chi connectivity index (χ0v) is 11.5. The number of carbonyl (C=O) groups is 1. The third-order valence-corrected chi connectivity index (χ3v) is 3.44. The van der Waals surface area contributed by atoms with Crippen LogP contribution >= 0.6 is 11.6 Å². The molecule has 1 atom stereocenters. The van der Waals surface area contributed by atoms with E-state index >= 15 is 0 Å². The van der Waals surface area contributed by atoms with Crippen LogP contribution < -0.4 is 15.4 Å². The van der Waals surface area contributed by atoms with E-state index in [4.69, 9.17) is 16.3 Å². The molecule has 1 heterocycles. The monoisotopic (exact) mass is 284 g/mol. The molecule has 0 spiro atoms. The van der Waals surface area contributed by atoms with Crippen molar-refractivity contribution >= 4 is 17.5 Å². The average Bonchev–Trinajstić information content (AvgIpc) is 2.83. The van der Waals surface area contributed by atoms with Gasteiger partial charge >= 0.3 is 0 Å². The molecule has 0 aromatic heterocycles. The van der Waals surface area contributed by atoms with Crippen LogP contribution in [0.3, 0.4) is 0 Å². The van der Waals surface area contributed by atoms with Crippen molar-refractivity contribution in [2.75, 3.05) is 26.7 Å². The summed E-state index contributed by atoms with van der Waals surface area (Å²) >= 11 is 5.88. The van der Waals surface area contributed by atoms with Gasteiger partial charge in [-0.25, -0.2) is 0 Å². The predicted octanol–water partition coefficient (Wildman–Crippen LogP) is 0.803. The van der Waals surface area contributed by atoms with Crippen molar-refractivity contribution in [2.45, 2.75) is 12.0 Å². The second kappa shape index (κ2) is 5.77. The second-order valence-electron chi connectivity index (χ2n) is 4.68. The van der Waals surface area contributed by atoms with Crippen molar-refractivity contribution in [3.63, 3.8) is 0 Å². The molecule has 104 valence electrons. The lowest BCUT2D eigenvalue weighted by molar-refractivity contribution is 0.0561. The summed E-state index contributed by atoms with van der Waals surface area (Å²) in [6.45, 7) is 1.45. The molecule has 1 aliphatic heterocycles. The molecule has 0 aliphatic carbocycles. The number of β-amino-alcohol motifs (C(OH)–C–C–N with tert-alkyl or cyclic N) is 1. The maximum atomic E-state index is 12.1. The minimum absolute atomic E-state index is 0.203. The second-order valence-corrected chi connectivity index (χ2v) is 5.11. The van der Waals surface area contributed by atoms with Gasteiger partial charge in [-0.1, -0.05) is 11.6 Å². The Morgan fingerprint density at radius 2 is 2.42 bits per heavy atom. The highest BCUT2D eigenvalue weighted by molar-refractivity contribution is 6.31. The van der Waals surface area contributed by atoms with Gasteiger partial charge in [0, 0.05) is 18.1 Å². The number of halogens is 1. The number of rotatable bonds is 4. The molecule has 1 aromatic rings. The Hall–Kier alpha value is -1.30. The van der Waals surface area contributed by atoms with Crippen molar-refractivity contribution in [1.29, 1.82) is 0 Å². The fourth-order valence-electron chi connectivity index (χ4n) is 2.08. The molecule has 0 unspecified atom stereocenters. The summed E-state index contributed by atoms with van der Waals surface area (Å²) in [7, 11) is 1.49. The first-order valence-corrected chi connectivity index (χ1v) is 6.47. The number of amides is 1. The molecule has 1 aromatic carbocycles. The summed E-state index contributed by atoms with van der Waals surface area (Å²) in [6.07, 6.45) is 0.625. The van der Waals surface area contributed by atoms with E-state index in [0.717, 1.165) is 6.54 Å². The number of hydrogen-bond donors (Lipinski definition) is 3. The lowest BCUT2D eigenvalue weighted by Gasteiger charge is -2.21. The highest BCUT2D eigenvalue weighted by Gasteiger charge is 2.31. The van der Waals surface area contributed by atoms with Gasteiger partial charge in [0.15, 0.2) is 0 Å². The molecule has 0 saturated carbocycles. The lowest BCUT2D eigenvalue weighted by Crippen LogP contribution is -2.44. The summed E-state index contributed by atoms with van der Waals surface area (Å²) < 4.78 is 5.12. The Balaban J connectivity index is 2.05. The van der Waals surface area contributed by atoms with Crippen molar-refractivity contribution < 1.29 is 14.6 Å². The summed E-state index contributed by atoms with van der Waals surface area (Å²) in [5, 5.41) is 16.4. The molecule has 3 N–H and O–H groups in total. The summed E-state index contributed by atoms with van der Waals surface area (Å²) in [4.78, 5) is 12.1. The van der Waals surface area contributed by atoms with Gasteiger partial charge in [-0.05, 0) is 31.2 Å². The Morgan fingerprint density at radius 3 is 3.05 bits per heavy atom. The zero-order chi connectivity index (χ0) is 13.9. The molecular formula is C13H17ClN2O3. The SMILES string of the molecule is COc1ccc(Cl)cc1C(=O)NC[C@@]1(O)CCNC1. The number of carbonyl (C=O) groups excluding carboxylic acids is 1. The highest BCUT2D eigenvalue weighted by atomic mass is 35.5. The Kier molecular flexibility index (Phi) is 4.29. The van der Waals surface area contributed by atoms with Crippen molar-refractivity contribution in [3.05, 3.63) is 28.8 Å². The van der Waals surface area contributed by atoms with Gasteiger partial charge in [-0.2, -0.15) is 0 Å². The quantitative estimate of drug-likeness (QED) is 0.765. The predicted molar refractivity (Wildman–Crippen MR) is 72.8 cm³/mol. The molecule has 0 radical (unpaired) electrons. The van der Waals surface area contributed by atoms with Crippen LogP contribution in [-0.2, 0) is 0 Å². The van der Waals surface area contributed by atoms with Crippen molar-refractivity contribution in [2.24, 2.45) is 0 Å². The summed E-state index contributed by atoms with van der Waals surface area (Å²) in [5.41, 5.74) is -0.508. The highest BCUT2D eigenvalue weighted by Crippen LogP contribution is 2.22. The van der Waals surface area contributed by atoms with E-state index in [-0.39, 0.29) is 12.5 Å². The lowest BCUT2D eigenvalue weighted by atomic mass is 10.0. The summed E-state index contributed by atoms with van der Waals surface area (Å²) in [5.74, 6) is 0.151. The molecule has 2 rings (SSSR count). The third kappa shape index (κ3) is 3.37. The molecule has 19 heavy (non-hydrogen) atoms. The fraction of sp³-hybridized carbons (Fsp3) is 0.462. The van der Waals surface area contributed by atoms with E-state index in [1.54, 1.807) is 18.2 Å². The topological polar surface area (TPSA) is 70.6 Å². The number of benzene rings is 1. The van der Waals surface area contributed by atoms with Gasteiger partial charge in [-0.15, -0.1) is 0 Å². The van der Waals surface area contributed by atoms with E-state index < -0.39 is 5.60 Å². The largest absolute Gasteiger partial charge is 0.496 e. The van der Waals surface area contributed by atoms with E-state index in [1.165, 1.54) is 7.11 Å². The van der Waals surface area contributed by atoms with Gasteiger partial charge < -0.3 is 20.5 Å². The van der Waals surface area contributed by atoms with Gasteiger partial charge in [0.1, 0.15) is 5.75 Å². The van der Waals surface area contributed by atoms with Crippen LogP contribution in [0.5, 0.6) is 5.75 Å². The molecule has 1 aliphatic rings. The number of ether oxygens (including phenoxy) is 1. The maximum Gasteiger partial charge on any atom is 0.255 e. The molecular weight excluding hydrogens is 268 g/mol. The van der Waals surface area contributed by atoms with Crippen LogP contribution in [0.15, 0.2) is 18.2 Å². The minimum atomic E-state index is -0.874. The Labute approximate surface area is 116 Å². The minimum Gasteiger partial charge on any atom is -0.496 e. The van der Waals surface area contributed by atoms with Gasteiger partial charge in [0.25, 0.3) is 5.91 Å². The van der Waals surface area contributed by atoms with Gasteiger partial charge in [0.05, 0.1) is 18.3 Å². The van der Waals surface area contributed by atoms with Gasteiger partial charge in [0.2, 0.25) is 0 Å². The van der Waals surface area contributed by atoms with E-state index in [1.807, 2.05) is 0 Å². The van der Waals surface area contributed by atoms with E-state index in [9.17, 15) is 9.90 Å². The molecule has 1 saturated heterocycles. The number of hydrogen-bond acceptors (Lipinski definition) is 4. The van der Waals surface area contributed by atoms with E-state index in [2.05, 4.69) is 10.6 Å². The van der Waals surface area contributed by atoms with Crippen LogP contribution in [0, 0.1) is 0 Å². The molecule has 6 heteroatoms. The molecule has 5 nitrogen and oxygen atoms in total. The standard InChI is InChI=1S/C13H17ClN2O3/c1-19-11-3-2-9(14)6-10(11)12(17)16-8-13(18)4-5-15-7-13/h2-3,6,15,18H,4-5,7-8H2,1H3,(H,16,17)/t13-/m1/s1. The summed E-state index contributed by atoms with van der Waals surface area (Å²) in [6, 6.07) is 4.85. The first-order valence-electron chi connectivity index (χ1n) is 6.09. The van der Waals surface area contributed by atoms with Crippen molar-refractivity contribution in [1.82, 2.24) is 10.6 Å². The molecule has 0 bridgehead atoms. The number of aliphatic hydroxyl groups is 1. The van der Waals surface area contributed by atoms with E-state index in [0.29, 0.717) is 29.3 Å². The number of nitrogens with one attached hydrogen (secondary N) is 2. The fourth-order valence-corrected chi connectivity index (χ4v) is 2.25. The van der Waals surface area contributed by atoms with Crippen LogP contribution in [-0.4, -0.2) is 43.4 Å². The average molecular weight is 285 g/mol. The first kappa shape index (κ1) is 14.1. The molecule has 1 fully saturated rings. The smallest absolute Gasteiger partial charge is 0.255 e. The van der Waals surface area contributed by atoms with Gasteiger partial charge in [-0.3, -0.25) is 4.79 Å². The zero-order valence-electron chi connectivity index (χ0n) is 10.7. The van der Waals surface area contributed by atoms with Crippen LogP contribution in [0.25, 0.3) is 0 Å². The normalized spacial score (nSPS) is 22.3. The first-order chi connectivity index (χ1) is 9.04. The Morgan fingerprint density at radius 1 is 1.63 bits per heavy atom. The Bertz CT molecular complexity index is 473. The maximum absolute atomic E-state index is 12.1. The number of methoxy groups -OCH3 is 1.